The molecule has 2 N–H and O–H groups in total. The molecule has 2 aromatic rings. The molecule has 2 rings (SSSR count). The molecule has 0 bridgehead atoms. The molecule has 0 aliphatic rings. The van der Waals surface area contributed by atoms with Crippen molar-refractivity contribution in [2.24, 2.45) is 0 Å². The van der Waals surface area contributed by atoms with Crippen LogP contribution in [0.1, 0.15) is 0 Å². The van der Waals surface area contributed by atoms with Crippen LogP contribution in [0, 0.1) is 0 Å². The van der Waals surface area contributed by atoms with E-state index >= 15 is 0 Å². The Bertz CT molecular complexity index is 698. The fourth-order valence-electron chi connectivity index (χ4n) is 1.76. The number of H-pyrrole nitrogens is 1. The quantitative estimate of drug-likeness (QED) is 0.561. The molecule has 116 valence electrons. The van der Waals surface area contributed by atoms with Crippen molar-refractivity contribution < 1.29 is 13.2 Å². The number of ether oxygens (including phenoxy) is 1. The zero-order valence-corrected chi connectivity index (χ0v) is 13.7. The first-order valence-corrected chi connectivity index (χ1v) is 9.57. The van der Waals surface area contributed by atoms with Crippen molar-refractivity contribution in [2.45, 2.75) is 5.16 Å². The lowest BCUT2D eigenvalue weighted by atomic mass is 10.3. The highest BCUT2D eigenvalue weighted by Gasteiger charge is 2.05. The van der Waals surface area contributed by atoms with Gasteiger partial charge < -0.3 is 15.0 Å². The minimum atomic E-state index is -2.89. The summed E-state index contributed by atoms with van der Waals surface area (Å²) in [6.07, 6.45) is 1.24. The van der Waals surface area contributed by atoms with Gasteiger partial charge in [0.05, 0.1) is 23.9 Å². The van der Waals surface area contributed by atoms with Crippen LogP contribution in [0.3, 0.4) is 0 Å². The summed E-state index contributed by atoms with van der Waals surface area (Å²) in [5.74, 6) is 1.79. The third kappa shape index (κ3) is 5.22. The Balaban J connectivity index is 1.78. The van der Waals surface area contributed by atoms with E-state index in [1.165, 1.54) is 6.26 Å². The monoisotopic (exact) mass is 329 g/mol. The highest BCUT2D eigenvalue weighted by molar-refractivity contribution is 7.99. The van der Waals surface area contributed by atoms with Crippen LogP contribution < -0.4 is 10.1 Å². The molecule has 0 spiro atoms. The van der Waals surface area contributed by atoms with Gasteiger partial charge in [0.15, 0.2) is 5.16 Å². The Morgan fingerprint density at radius 3 is 2.90 bits per heavy atom. The predicted molar refractivity (Wildman–Crippen MR) is 86.0 cm³/mol. The van der Waals surface area contributed by atoms with Crippen LogP contribution in [0.2, 0.25) is 0 Å². The van der Waals surface area contributed by atoms with E-state index in [1.54, 1.807) is 18.9 Å². The van der Waals surface area contributed by atoms with Gasteiger partial charge in [-0.15, -0.1) is 0 Å². The van der Waals surface area contributed by atoms with Gasteiger partial charge in [0, 0.05) is 31.2 Å². The van der Waals surface area contributed by atoms with Gasteiger partial charge in [-0.1, -0.05) is 11.8 Å². The Morgan fingerprint density at radius 1 is 1.38 bits per heavy atom. The Morgan fingerprint density at radius 2 is 2.19 bits per heavy atom. The number of hydrogen-bond acceptors (Lipinski definition) is 6. The number of thioether (sulfide) groups is 1. The number of imidazole rings is 1. The lowest BCUT2D eigenvalue weighted by molar-refractivity contribution is 0.415. The number of aromatic nitrogens is 2. The topological polar surface area (TPSA) is 84.1 Å². The fraction of sp³-hybridized carbons (Fsp3) is 0.462. The second-order valence-electron chi connectivity index (χ2n) is 4.65. The summed E-state index contributed by atoms with van der Waals surface area (Å²) in [5.41, 5.74) is 1.85. The summed E-state index contributed by atoms with van der Waals surface area (Å²) in [5, 5.41) is 3.95. The number of rotatable bonds is 8. The summed E-state index contributed by atoms with van der Waals surface area (Å²) in [4.78, 5) is 7.71. The van der Waals surface area contributed by atoms with Gasteiger partial charge in [0.2, 0.25) is 0 Å². The summed E-state index contributed by atoms with van der Waals surface area (Å²) < 4.78 is 27.1. The van der Waals surface area contributed by atoms with E-state index in [1.807, 2.05) is 18.2 Å². The van der Waals surface area contributed by atoms with Crippen molar-refractivity contribution in [1.82, 2.24) is 15.3 Å². The molecule has 6 nitrogen and oxygen atoms in total. The zero-order valence-electron chi connectivity index (χ0n) is 12.0. The zero-order chi connectivity index (χ0) is 15.3. The summed E-state index contributed by atoms with van der Waals surface area (Å²) in [6, 6.07) is 5.71. The van der Waals surface area contributed by atoms with E-state index in [0.29, 0.717) is 6.54 Å². The first-order chi connectivity index (χ1) is 9.98. The molecule has 8 heteroatoms. The molecule has 0 saturated carbocycles. The third-order valence-corrected chi connectivity index (χ3v) is 4.66. The van der Waals surface area contributed by atoms with E-state index in [4.69, 9.17) is 4.74 Å². The van der Waals surface area contributed by atoms with E-state index in [0.717, 1.165) is 34.2 Å². The molecular weight excluding hydrogens is 310 g/mol. The number of nitrogens with one attached hydrogen (secondary N) is 2. The maximum Gasteiger partial charge on any atom is 0.166 e. The standard InChI is InChI=1S/C13H19N3O3S2/c1-19-10-3-4-11-12(9-10)16-13(15-11)20-7-5-14-6-8-21(2,17)18/h3-4,9,14H,5-8H2,1-2H3,(H,15,16). The maximum atomic E-state index is 11.0. The smallest absolute Gasteiger partial charge is 0.166 e. The van der Waals surface area contributed by atoms with E-state index in [9.17, 15) is 8.42 Å². The average molecular weight is 329 g/mol. The van der Waals surface area contributed by atoms with Gasteiger partial charge in [-0.3, -0.25) is 0 Å². The molecular formula is C13H19N3O3S2. The van der Waals surface area contributed by atoms with Crippen molar-refractivity contribution in [2.75, 3.05) is 38.0 Å². The molecule has 0 fully saturated rings. The summed E-state index contributed by atoms with van der Waals surface area (Å²) >= 11 is 1.60. The van der Waals surface area contributed by atoms with Gasteiger partial charge in [0.1, 0.15) is 15.6 Å². The van der Waals surface area contributed by atoms with E-state index < -0.39 is 9.84 Å². The van der Waals surface area contributed by atoms with Crippen LogP contribution in [0.15, 0.2) is 23.4 Å². The molecule has 21 heavy (non-hydrogen) atoms. The van der Waals surface area contributed by atoms with Gasteiger partial charge in [-0.05, 0) is 12.1 Å². The lowest BCUT2D eigenvalue weighted by Crippen LogP contribution is -2.24. The third-order valence-electron chi connectivity index (χ3n) is 2.83. The molecule has 0 atom stereocenters. The fourth-order valence-corrected chi connectivity index (χ4v) is 3.06. The van der Waals surface area contributed by atoms with E-state index in [-0.39, 0.29) is 5.75 Å². The van der Waals surface area contributed by atoms with Gasteiger partial charge >= 0.3 is 0 Å². The van der Waals surface area contributed by atoms with Crippen molar-refractivity contribution >= 4 is 32.6 Å². The summed E-state index contributed by atoms with van der Waals surface area (Å²) in [6.45, 7) is 1.22. The second-order valence-corrected chi connectivity index (χ2v) is 8.00. The maximum absolute atomic E-state index is 11.0. The molecule has 0 unspecified atom stereocenters. The minimum Gasteiger partial charge on any atom is -0.497 e. The van der Waals surface area contributed by atoms with Crippen molar-refractivity contribution in [3.63, 3.8) is 0 Å². The van der Waals surface area contributed by atoms with Gasteiger partial charge in [-0.25, -0.2) is 13.4 Å². The van der Waals surface area contributed by atoms with Crippen LogP contribution in [0.25, 0.3) is 11.0 Å². The number of hydrogen-bond donors (Lipinski definition) is 2. The summed E-state index contributed by atoms with van der Waals surface area (Å²) in [7, 11) is -1.25. The van der Waals surface area contributed by atoms with Crippen LogP contribution in [-0.4, -0.2) is 56.3 Å². The first-order valence-electron chi connectivity index (χ1n) is 6.53. The van der Waals surface area contributed by atoms with Crippen molar-refractivity contribution in [3.05, 3.63) is 18.2 Å². The Hall–Kier alpha value is -1.25. The van der Waals surface area contributed by atoms with Gasteiger partial charge in [0.25, 0.3) is 0 Å². The Labute approximate surface area is 128 Å². The largest absolute Gasteiger partial charge is 0.497 e. The van der Waals surface area contributed by atoms with Crippen LogP contribution in [-0.2, 0) is 9.84 Å². The van der Waals surface area contributed by atoms with Crippen LogP contribution in [0.4, 0.5) is 0 Å². The van der Waals surface area contributed by atoms with Crippen LogP contribution >= 0.6 is 11.8 Å². The molecule has 0 radical (unpaired) electrons. The lowest BCUT2D eigenvalue weighted by Gasteiger charge is -2.02. The van der Waals surface area contributed by atoms with Crippen molar-refractivity contribution in [1.29, 1.82) is 0 Å². The molecule has 0 amide bonds. The average Bonchev–Trinajstić information content (AvgIpc) is 2.83. The molecule has 0 aliphatic carbocycles. The molecule has 0 aliphatic heterocycles. The van der Waals surface area contributed by atoms with E-state index in [2.05, 4.69) is 15.3 Å². The number of aromatic amines is 1. The Kier molecular flexibility index (Phi) is 5.49. The predicted octanol–water partition coefficient (Wildman–Crippen LogP) is 1.30. The van der Waals surface area contributed by atoms with Gasteiger partial charge in [-0.2, -0.15) is 0 Å². The molecule has 0 saturated heterocycles. The molecule has 1 heterocycles. The molecule has 1 aromatic heterocycles. The highest BCUT2D eigenvalue weighted by atomic mass is 32.2. The number of benzene rings is 1. The molecule has 1 aromatic carbocycles. The second kappa shape index (κ2) is 7.15. The number of nitrogens with zero attached hydrogens (tertiary/aromatic N) is 1. The number of methoxy groups -OCH3 is 1. The number of sulfone groups is 1. The first kappa shape index (κ1) is 16.1. The van der Waals surface area contributed by atoms with Crippen molar-refractivity contribution in [3.8, 4) is 5.75 Å². The minimum absolute atomic E-state index is 0.169. The SMILES string of the molecule is COc1ccc2nc(SCCNCCS(C)(=O)=O)[nH]c2c1. The number of fused-ring (bicyclic) bond motifs is 1. The normalized spacial score (nSPS) is 11.9. The highest BCUT2D eigenvalue weighted by Crippen LogP contribution is 2.22. The van der Waals surface area contributed by atoms with Crippen LogP contribution in [0.5, 0.6) is 5.75 Å².